The Kier molecular flexibility index (Phi) is 4.47. The molecule has 0 fully saturated rings. The van der Waals surface area contributed by atoms with Gasteiger partial charge in [-0.1, -0.05) is 32.9 Å². The van der Waals surface area contributed by atoms with Crippen LogP contribution in [0.4, 0.5) is 10.2 Å². The number of anilines is 1. The largest absolute Gasteiger partial charge is 0.309 e. The molecule has 0 aliphatic carbocycles. The molecule has 0 saturated carbocycles. The van der Waals surface area contributed by atoms with Crippen LogP contribution < -0.4 is 5.32 Å². The number of carbonyl (C=O) groups excluding carboxylic acids is 1. The third-order valence-electron chi connectivity index (χ3n) is 3.82. The first kappa shape index (κ1) is 17.6. The topological polar surface area (TPSA) is 70.2 Å². The molecule has 0 radical (unpaired) electrons. The molecule has 3 rings (SSSR count). The number of fused-ring (bicyclic) bond motifs is 1. The number of hydrogen-bond donors (Lipinski definition) is 1. The lowest BCUT2D eigenvalue weighted by molar-refractivity contribution is -0.117. The molecule has 0 saturated heterocycles. The summed E-state index contributed by atoms with van der Waals surface area (Å²) in [7, 11) is 0. The maximum atomic E-state index is 13.8. The van der Waals surface area contributed by atoms with Crippen LogP contribution in [0.3, 0.4) is 0 Å². The average Bonchev–Trinajstić information content (AvgIpc) is 2.90. The van der Waals surface area contributed by atoms with Crippen molar-refractivity contribution in [2.24, 2.45) is 5.41 Å². The Morgan fingerprint density at radius 3 is 2.54 bits per heavy atom. The second-order valence-electron chi connectivity index (χ2n) is 7.36. The summed E-state index contributed by atoms with van der Waals surface area (Å²) in [5, 5.41) is 11.8. The highest BCUT2D eigenvalue weighted by molar-refractivity contribution is 5.94. The zero-order valence-corrected chi connectivity index (χ0v) is 14.9. The van der Waals surface area contributed by atoms with Crippen LogP contribution in [-0.4, -0.2) is 15.3 Å². The van der Waals surface area contributed by atoms with E-state index >= 15 is 0 Å². The number of amides is 1. The van der Waals surface area contributed by atoms with Gasteiger partial charge in [0.15, 0.2) is 5.82 Å². The molecule has 0 aliphatic heterocycles. The van der Waals surface area contributed by atoms with E-state index in [2.05, 4.69) is 16.4 Å². The molecule has 132 valence electrons. The number of nitriles is 1. The summed E-state index contributed by atoms with van der Waals surface area (Å²) in [6.07, 6.45) is 1.66. The third kappa shape index (κ3) is 3.72. The van der Waals surface area contributed by atoms with Gasteiger partial charge in [0.2, 0.25) is 5.91 Å². The number of halogens is 1. The minimum Gasteiger partial charge on any atom is -0.309 e. The molecule has 1 N–H and O–H groups in total. The highest BCUT2D eigenvalue weighted by Gasteiger charge is 2.20. The van der Waals surface area contributed by atoms with E-state index in [4.69, 9.17) is 5.26 Å². The molecule has 0 aliphatic rings. The standard InChI is InChI=1S/C20H19FN4O/c1-20(2,3)10-17(26)24-19-18(14-6-4-13(11-22)5-7-14)25-12-15(21)8-9-16(25)23-19/h4-9,12H,10H2,1-3H3,(H,24,26). The SMILES string of the molecule is CC(C)(C)CC(=O)Nc1nc2ccc(F)cn2c1-c1ccc(C#N)cc1. The Hall–Kier alpha value is -3.20. The van der Waals surface area contributed by atoms with Crippen molar-refractivity contribution >= 4 is 17.4 Å². The van der Waals surface area contributed by atoms with E-state index in [0.717, 1.165) is 5.56 Å². The lowest BCUT2D eigenvalue weighted by Gasteiger charge is -2.17. The van der Waals surface area contributed by atoms with Crippen molar-refractivity contribution in [3.63, 3.8) is 0 Å². The molecule has 2 aromatic heterocycles. The first-order chi connectivity index (χ1) is 12.3. The van der Waals surface area contributed by atoms with E-state index in [9.17, 15) is 9.18 Å². The zero-order chi connectivity index (χ0) is 18.9. The summed E-state index contributed by atoms with van der Waals surface area (Å²) in [5.41, 5.74) is 2.19. The van der Waals surface area contributed by atoms with E-state index in [-0.39, 0.29) is 11.3 Å². The molecule has 1 aromatic carbocycles. The summed E-state index contributed by atoms with van der Waals surface area (Å²) in [4.78, 5) is 16.8. The predicted octanol–water partition coefficient (Wildman–Crippen LogP) is 4.39. The Labute approximate surface area is 151 Å². The van der Waals surface area contributed by atoms with Crippen molar-refractivity contribution in [2.75, 3.05) is 5.32 Å². The fraction of sp³-hybridized carbons (Fsp3) is 0.250. The van der Waals surface area contributed by atoms with E-state index in [1.807, 2.05) is 20.8 Å². The number of imidazole rings is 1. The van der Waals surface area contributed by atoms with Crippen LogP contribution >= 0.6 is 0 Å². The number of carbonyl (C=O) groups is 1. The number of aromatic nitrogens is 2. The van der Waals surface area contributed by atoms with Crippen molar-refractivity contribution in [1.82, 2.24) is 9.38 Å². The minimum atomic E-state index is -0.405. The van der Waals surface area contributed by atoms with Crippen LogP contribution in [0.2, 0.25) is 0 Å². The molecule has 6 heteroatoms. The van der Waals surface area contributed by atoms with E-state index in [1.54, 1.807) is 34.7 Å². The van der Waals surface area contributed by atoms with E-state index < -0.39 is 5.82 Å². The molecule has 0 atom stereocenters. The number of pyridine rings is 1. The maximum Gasteiger partial charge on any atom is 0.226 e. The monoisotopic (exact) mass is 350 g/mol. The number of rotatable bonds is 3. The smallest absolute Gasteiger partial charge is 0.226 e. The molecule has 5 nitrogen and oxygen atoms in total. The van der Waals surface area contributed by atoms with Crippen LogP contribution in [0.15, 0.2) is 42.6 Å². The summed E-state index contributed by atoms with van der Waals surface area (Å²) in [6.45, 7) is 5.94. The number of benzene rings is 1. The maximum absolute atomic E-state index is 13.8. The van der Waals surface area contributed by atoms with Gasteiger partial charge in [-0.3, -0.25) is 9.20 Å². The van der Waals surface area contributed by atoms with Gasteiger partial charge in [-0.05, 0) is 29.7 Å². The fourth-order valence-electron chi connectivity index (χ4n) is 2.74. The summed E-state index contributed by atoms with van der Waals surface area (Å²) >= 11 is 0. The van der Waals surface area contributed by atoms with Gasteiger partial charge in [0.1, 0.15) is 11.5 Å². The Balaban J connectivity index is 2.10. The first-order valence-electron chi connectivity index (χ1n) is 8.25. The average molecular weight is 350 g/mol. The van der Waals surface area contributed by atoms with Gasteiger partial charge < -0.3 is 5.32 Å². The summed E-state index contributed by atoms with van der Waals surface area (Å²) in [5.74, 6) is -0.191. The Morgan fingerprint density at radius 1 is 1.23 bits per heavy atom. The molecule has 0 spiro atoms. The fourth-order valence-corrected chi connectivity index (χ4v) is 2.74. The Morgan fingerprint density at radius 2 is 1.92 bits per heavy atom. The minimum absolute atomic E-state index is 0.156. The molecule has 26 heavy (non-hydrogen) atoms. The van der Waals surface area contributed by atoms with Crippen LogP contribution in [0.25, 0.3) is 16.9 Å². The third-order valence-corrected chi connectivity index (χ3v) is 3.82. The first-order valence-corrected chi connectivity index (χ1v) is 8.25. The highest BCUT2D eigenvalue weighted by Crippen LogP contribution is 2.30. The number of hydrogen-bond acceptors (Lipinski definition) is 3. The van der Waals surface area contributed by atoms with Crippen LogP contribution in [0.5, 0.6) is 0 Å². The molecule has 0 unspecified atom stereocenters. The number of nitrogens with zero attached hydrogens (tertiary/aromatic N) is 3. The van der Waals surface area contributed by atoms with Gasteiger partial charge in [-0.2, -0.15) is 5.26 Å². The molecule has 1 amide bonds. The second-order valence-corrected chi connectivity index (χ2v) is 7.36. The normalized spacial score (nSPS) is 11.3. The molecule has 0 bridgehead atoms. The van der Waals surface area contributed by atoms with Crippen molar-refractivity contribution in [1.29, 1.82) is 5.26 Å². The van der Waals surface area contributed by atoms with Gasteiger partial charge in [0.25, 0.3) is 0 Å². The van der Waals surface area contributed by atoms with Crippen LogP contribution in [0, 0.1) is 22.6 Å². The Bertz CT molecular complexity index is 1010. The van der Waals surface area contributed by atoms with Gasteiger partial charge >= 0.3 is 0 Å². The second kappa shape index (κ2) is 6.60. The van der Waals surface area contributed by atoms with E-state index in [1.165, 1.54) is 12.3 Å². The molecule has 2 heterocycles. The number of nitrogens with one attached hydrogen (secondary N) is 1. The van der Waals surface area contributed by atoms with Crippen molar-refractivity contribution in [3.8, 4) is 17.3 Å². The van der Waals surface area contributed by atoms with Crippen molar-refractivity contribution < 1.29 is 9.18 Å². The van der Waals surface area contributed by atoms with Gasteiger partial charge in [-0.15, -0.1) is 0 Å². The van der Waals surface area contributed by atoms with Crippen molar-refractivity contribution in [2.45, 2.75) is 27.2 Å². The summed E-state index contributed by atoms with van der Waals surface area (Å²) < 4.78 is 15.4. The predicted molar refractivity (Wildman–Crippen MR) is 98.0 cm³/mol. The lowest BCUT2D eigenvalue weighted by atomic mass is 9.92. The highest BCUT2D eigenvalue weighted by atomic mass is 19.1. The van der Waals surface area contributed by atoms with Crippen LogP contribution in [0.1, 0.15) is 32.8 Å². The molecular formula is C20H19FN4O. The van der Waals surface area contributed by atoms with Gasteiger partial charge in [0.05, 0.1) is 17.3 Å². The molecular weight excluding hydrogens is 331 g/mol. The van der Waals surface area contributed by atoms with E-state index in [0.29, 0.717) is 29.1 Å². The van der Waals surface area contributed by atoms with Crippen molar-refractivity contribution in [3.05, 3.63) is 54.0 Å². The van der Waals surface area contributed by atoms with Crippen LogP contribution in [-0.2, 0) is 4.79 Å². The summed E-state index contributed by atoms with van der Waals surface area (Å²) in [6, 6.07) is 11.8. The van der Waals surface area contributed by atoms with Gasteiger partial charge in [-0.25, -0.2) is 9.37 Å². The molecule has 3 aromatic rings. The quantitative estimate of drug-likeness (QED) is 0.762. The lowest BCUT2D eigenvalue weighted by Crippen LogP contribution is -2.20. The van der Waals surface area contributed by atoms with Gasteiger partial charge in [0, 0.05) is 18.2 Å². The zero-order valence-electron chi connectivity index (χ0n) is 14.9.